The molecule has 3 heterocycles. The second-order valence-corrected chi connectivity index (χ2v) is 11.6. The van der Waals surface area contributed by atoms with E-state index in [4.69, 9.17) is 9.72 Å². The van der Waals surface area contributed by atoms with Crippen LogP contribution in [-0.4, -0.2) is 54.2 Å². The highest BCUT2D eigenvalue weighted by Crippen LogP contribution is 2.43. The number of methoxy groups -OCH3 is 1. The van der Waals surface area contributed by atoms with Crippen LogP contribution < -0.4 is 9.64 Å². The number of ether oxygens (including phenoxy) is 1. The molecule has 0 atom stereocenters. The van der Waals surface area contributed by atoms with E-state index in [1.54, 1.807) is 0 Å². The quantitative estimate of drug-likeness (QED) is 0.450. The predicted octanol–water partition coefficient (Wildman–Crippen LogP) is 6.36. The number of aromatic nitrogens is 1. The molecule has 0 unspecified atom stereocenters. The number of aryl methyl sites for hydroxylation is 1. The van der Waals surface area contributed by atoms with Crippen LogP contribution in [-0.2, 0) is 17.8 Å². The average molecular weight is 530 g/mol. The second kappa shape index (κ2) is 12.0. The molecule has 1 aromatic heterocycles. The lowest BCUT2D eigenvalue weighted by Gasteiger charge is -2.40. The maximum atomic E-state index is 15.0. The fraction of sp³-hybridized carbons (Fsp3) is 0.600. The number of carboxylic acid groups (broad SMARTS) is 1. The van der Waals surface area contributed by atoms with Crippen LogP contribution in [0.5, 0.6) is 5.75 Å². The van der Waals surface area contributed by atoms with Gasteiger partial charge < -0.3 is 14.7 Å². The fourth-order valence-electron chi connectivity index (χ4n) is 5.83. The van der Waals surface area contributed by atoms with Crippen LogP contribution in [0.2, 0.25) is 0 Å². The van der Waals surface area contributed by atoms with E-state index < -0.39 is 23.4 Å². The third-order valence-corrected chi connectivity index (χ3v) is 8.12. The van der Waals surface area contributed by atoms with Crippen LogP contribution in [0.1, 0.15) is 75.7 Å². The highest BCUT2D eigenvalue weighted by molar-refractivity contribution is 5.86. The molecule has 4 rings (SSSR count). The Kier molecular flexibility index (Phi) is 8.91. The van der Waals surface area contributed by atoms with Crippen LogP contribution in [0.25, 0.3) is 11.1 Å². The molecule has 6 nitrogen and oxygen atoms in total. The molecular formula is C30H41F2N3O3. The van der Waals surface area contributed by atoms with Crippen molar-refractivity contribution in [2.45, 2.75) is 78.7 Å². The highest BCUT2D eigenvalue weighted by Gasteiger charge is 2.32. The molecule has 0 saturated carbocycles. The Balaban J connectivity index is 1.92. The normalized spacial score (nSPS) is 18.6. The summed E-state index contributed by atoms with van der Waals surface area (Å²) in [4.78, 5) is 21.5. The number of pyridine rings is 1. The van der Waals surface area contributed by atoms with Gasteiger partial charge in [0.15, 0.2) is 17.4 Å². The standard InChI is InChI=1S/C30H41F2N3O3/c1-20-22(18-26(36)37)28(35-14-10-30(2,3)11-15-35)27(21-16-23(31)29(38-4)24(32)17-21)25(33-20)19-34-12-8-6-5-7-9-13-34/h16-17H,5-15,18-19H2,1-4H3,(H,36,37). The number of carboxylic acids is 1. The summed E-state index contributed by atoms with van der Waals surface area (Å²) >= 11 is 0. The number of rotatable bonds is 7. The Hall–Kier alpha value is -2.74. The number of carbonyl (C=O) groups is 1. The van der Waals surface area contributed by atoms with Gasteiger partial charge in [-0.15, -0.1) is 0 Å². The zero-order valence-corrected chi connectivity index (χ0v) is 23.2. The minimum Gasteiger partial charge on any atom is -0.491 e. The number of piperidine rings is 1. The summed E-state index contributed by atoms with van der Waals surface area (Å²) in [6.07, 6.45) is 7.51. The zero-order chi connectivity index (χ0) is 27.4. The van der Waals surface area contributed by atoms with Crippen molar-refractivity contribution >= 4 is 11.7 Å². The van der Waals surface area contributed by atoms with Gasteiger partial charge in [0, 0.05) is 36.5 Å². The molecule has 208 valence electrons. The van der Waals surface area contributed by atoms with Crippen LogP contribution in [0.3, 0.4) is 0 Å². The van der Waals surface area contributed by atoms with Gasteiger partial charge in [-0.2, -0.15) is 0 Å². The lowest BCUT2D eigenvalue weighted by Crippen LogP contribution is -2.39. The summed E-state index contributed by atoms with van der Waals surface area (Å²) in [5.41, 5.74) is 3.93. The highest BCUT2D eigenvalue weighted by atomic mass is 19.1. The Morgan fingerprint density at radius 2 is 1.61 bits per heavy atom. The predicted molar refractivity (Wildman–Crippen MR) is 146 cm³/mol. The van der Waals surface area contributed by atoms with Crippen LogP contribution in [0, 0.1) is 24.0 Å². The molecule has 38 heavy (non-hydrogen) atoms. The Bertz CT molecular complexity index is 1130. The smallest absolute Gasteiger partial charge is 0.307 e. The Morgan fingerprint density at radius 3 is 2.16 bits per heavy atom. The van der Waals surface area contributed by atoms with E-state index in [0.717, 1.165) is 63.2 Å². The van der Waals surface area contributed by atoms with Crippen LogP contribution >= 0.6 is 0 Å². The lowest BCUT2D eigenvalue weighted by molar-refractivity contribution is -0.136. The first kappa shape index (κ1) is 28.3. The van der Waals surface area contributed by atoms with E-state index in [0.29, 0.717) is 28.9 Å². The number of halogens is 2. The molecule has 0 spiro atoms. The Morgan fingerprint density at radius 1 is 1.03 bits per heavy atom. The maximum Gasteiger partial charge on any atom is 0.307 e. The van der Waals surface area contributed by atoms with Crippen molar-refractivity contribution in [1.29, 1.82) is 0 Å². The van der Waals surface area contributed by atoms with Crippen molar-refractivity contribution < 1.29 is 23.4 Å². The summed E-state index contributed by atoms with van der Waals surface area (Å²) in [5, 5.41) is 9.81. The number of hydrogen-bond acceptors (Lipinski definition) is 5. The van der Waals surface area contributed by atoms with Crippen molar-refractivity contribution in [2.24, 2.45) is 5.41 Å². The van der Waals surface area contributed by atoms with Gasteiger partial charge >= 0.3 is 5.97 Å². The van der Waals surface area contributed by atoms with Gasteiger partial charge in [-0.05, 0) is 68.8 Å². The Labute approximate surface area is 225 Å². The molecule has 0 bridgehead atoms. The van der Waals surface area contributed by atoms with Gasteiger partial charge in [0.1, 0.15) is 0 Å². The average Bonchev–Trinajstić information content (AvgIpc) is 2.82. The lowest BCUT2D eigenvalue weighted by atomic mass is 9.82. The minimum atomic E-state index is -0.956. The third kappa shape index (κ3) is 6.45. The molecule has 1 N–H and O–H groups in total. The van der Waals surface area contributed by atoms with E-state index in [1.807, 2.05) is 6.92 Å². The molecule has 2 saturated heterocycles. The number of aliphatic carboxylic acids is 1. The van der Waals surface area contributed by atoms with Crippen molar-refractivity contribution in [2.75, 3.05) is 38.2 Å². The first-order valence-electron chi connectivity index (χ1n) is 13.8. The summed E-state index contributed by atoms with van der Waals surface area (Å²) in [6, 6.07) is 2.60. The van der Waals surface area contributed by atoms with Gasteiger partial charge in [-0.3, -0.25) is 14.7 Å². The molecule has 1 aromatic carbocycles. The van der Waals surface area contributed by atoms with Gasteiger partial charge in [-0.1, -0.05) is 33.1 Å². The summed E-state index contributed by atoms with van der Waals surface area (Å²) in [5.74, 6) is -2.95. The number of anilines is 1. The fourth-order valence-corrected chi connectivity index (χ4v) is 5.83. The van der Waals surface area contributed by atoms with Gasteiger partial charge in [-0.25, -0.2) is 8.78 Å². The first-order valence-corrected chi connectivity index (χ1v) is 13.8. The third-order valence-electron chi connectivity index (χ3n) is 8.12. The molecule has 2 aliphatic heterocycles. The first-order chi connectivity index (χ1) is 18.1. The van der Waals surface area contributed by atoms with Gasteiger partial charge in [0.05, 0.1) is 24.9 Å². The van der Waals surface area contributed by atoms with Gasteiger partial charge in [0.25, 0.3) is 0 Å². The van der Waals surface area contributed by atoms with E-state index in [-0.39, 0.29) is 11.8 Å². The van der Waals surface area contributed by atoms with Gasteiger partial charge in [0.2, 0.25) is 0 Å². The monoisotopic (exact) mass is 529 g/mol. The van der Waals surface area contributed by atoms with E-state index in [2.05, 4.69) is 23.6 Å². The van der Waals surface area contributed by atoms with E-state index in [9.17, 15) is 9.90 Å². The summed E-state index contributed by atoms with van der Waals surface area (Å²) in [6.45, 7) is 10.2. The van der Waals surface area contributed by atoms with Crippen molar-refractivity contribution in [3.63, 3.8) is 0 Å². The van der Waals surface area contributed by atoms with Crippen molar-refractivity contribution in [1.82, 2.24) is 9.88 Å². The van der Waals surface area contributed by atoms with Crippen LogP contribution in [0.4, 0.5) is 14.5 Å². The topological polar surface area (TPSA) is 65.9 Å². The number of likely N-dealkylation sites (tertiary alicyclic amines) is 1. The van der Waals surface area contributed by atoms with E-state index in [1.165, 1.54) is 38.5 Å². The van der Waals surface area contributed by atoms with Crippen molar-refractivity contribution in [3.8, 4) is 16.9 Å². The van der Waals surface area contributed by atoms with Crippen molar-refractivity contribution in [3.05, 3.63) is 40.7 Å². The zero-order valence-electron chi connectivity index (χ0n) is 23.2. The summed E-state index contributed by atoms with van der Waals surface area (Å²) in [7, 11) is 1.24. The summed E-state index contributed by atoms with van der Waals surface area (Å²) < 4.78 is 35.0. The maximum absolute atomic E-state index is 15.0. The molecule has 2 aromatic rings. The second-order valence-electron chi connectivity index (χ2n) is 11.6. The number of benzene rings is 1. The minimum absolute atomic E-state index is 0.178. The molecule has 0 radical (unpaired) electrons. The molecular weight excluding hydrogens is 488 g/mol. The number of hydrogen-bond donors (Lipinski definition) is 1. The molecule has 0 aliphatic carbocycles. The number of nitrogens with zero attached hydrogens (tertiary/aromatic N) is 3. The SMILES string of the molecule is COc1c(F)cc(-c2c(CN3CCCCCCC3)nc(C)c(CC(=O)O)c2N2CCC(C)(C)CC2)cc1F. The molecule has 8 heteroatoms. The molecule has 2 aliphatic rings. The molecule has 0 amide bonds. The van der Waals surface area contributed by atoms with E-state index >= 15 is 8.78 Å². The van der Waals surface area contributed by atoms with Crippen LogP contribution in [0.15, 0.2) is 12.1 Å². The largest absolute Gasteiger partial charge is 0.491 e. The molecule has 2 fully saturated rings.